The van der Waals surface area contributed by atoms with Crippen molar-refractivity contribution in [3.8, 4) is 0 Å². The molecule has 0 aromatic carbocycles. The maximum absolute atomic E-state index is 11.2. The number of carbonyl (C=O) groups excluding carboxylic acids is 1. The van der Waals surface area contributed by atoms with Crippen LogP contribution in [0.1, 0.15) is 23.3 Å². The first-order valence-corrected chi connectivity index (χ1v) is 7.17. The van der Waals surface area contributed by atoms with Crippen LogP contribution in [0.15, 0.2) is 6.33 Å². The minimum absolute atomic E-state index is 0.132. The van der Waals surface area contributed by atoms with Crippen molar-refractivity contribution in [2.24, 2.45) is 0 Å². The lowest BCUT2D eigenvalue weighted by molar-refractivity contribution is -0.138. The maximum atomic E-state index is 11.2. The number of nitrogens with zero attached hydrogens (tertiary/aromatic N) is 2. The Morgan fingerprint density at radius 1 is 1.42 bits per heavy atom. The van der Waals surface area contributed by atoms with Gasteiger partial charge in [0.2, 0.25) is 0 Å². The summed E-state index contributed by atoms with van der Waals surface area (Å²) in [6.45, 7) is 0.132. The molecule has 1 aliphatic carbocycles. The van der Waals surface area contributed by atoms with Gasteiger partial charge in [-0.2, -0.15) is 0 Å². The first-order chi connectivity index (χ1) is 9.29. The first-order valence-electron chi connectivity index (χ1n) is 6.35. The average Bonchev–Trinajstić information content (AvgIpc) is 2.83. The van der Waals surface area contributed by atoms with Gasteiger partial charge < -0.3 is 10.1 Å². The summed E-state index contributed by atoms with van der Waals surface area (Å²) >= 11 is 1.75. The molecule has 5 nitrogen and oxygen atoms in total. The van der Waals surface area contributed by atoms with Crippen LogP contribution in [0.4, 0.5) is 5.82 Å². The van der Waals surface area contributed by atoms with E-state index >= 15 is 0 Å². The standard InChI is InChI=1S/C13H15N3O2S/c1-18-10(17)6-14-12-11-8-4-2-3-5-9(8)19-13(11)16-7-15-12/h7H,2-6H2,1H3,(H,14,15,16). The number of thiophene rings is 1. The third-order valence-corrected chi connectivity index (χ3v) is 4.58. The second kappa shape index (κ2) is 5.13. The Balaban J connectivity index is 1.99. The van der Waals surface area contributed by atoms with Gasteiger partial charge in [-0.3, -0.25) is 4.79 Å². The van der Waals surface area contributed by atoms with Crippen LogP contribution in [-0.2, 0) is 22.4 Å². The lowest BCUT2D eigenvalue weighted by atomic mass is 9.97. The van der Waals surface area contributed by atoms with Crippen LogP contribution in [0.5, 0.6) is 0 Å². The van der Waals surface area contributed by atoms with Gasteiger partial charge in [0, 0.05) is 4.88 Å². The Hall–Kier alpha value is -1.69. The fourth-order valence-corrected chi connectivity index (χ4v) is 3.68. The van der Waals surface area contributed by atoms with E-state index in [2.05, 4.69) is 20.0 Å². The lowest BCUT2D eigenvalue weighted by Crippen LogP contribution is -2.16. The number of aromatic nitrogens is 2. The zero-order valence-electron chi connectivity index (χ0n) is 10.7. The van der Waals surface area contributed by atoms with Crippen molar-refractivity contribution in [1.29, 1.82) is 0 Å². The van der Waals surface area contributed by atoms with Crippen LogP contribution in [-0.4, -0.2) is 29.6 Å². The molecule has 3 rings (SSSR count). The largest absolute Gasteiger partial charge is 0.468 e. The zero-order valence-corrected chi connectivity index (χ0v) is 11.5. The molecule has 2 aromatic heterocycles. The highest BCUT2D eigenvalue weighted by molar-refractivity contribution is 7.19. The number of rotatable bonds is 3. The molecule has 2 aromatic rings. The van der Waals surface area contributed by atoms with Crippen molar-refractivity contribution in [3.63, 3.8) is 0 Å². The van der Waals surface area contributed by atoms with E-state index in [1.165, 1.54) is 30.4 Å². The number of hydrogen-bond acceptors (Lipinski definition) is 6. The summed E-state index contributed by atoms with van der Waals surface area (Å²) in [5, 5.41) is 4.14. The maximum Gasteiger partial charge on any atom is 0.325 e. The number of carbonyl (C=O) groups is 1. The Labute approximate surface area is 115 Å². The Kier molecular flexibility index (Phi) is 3.33. The monoisotopic (exact) mass is 277 g/mol. The van der Waals surface area contributed by atoms with Crippen molar-refractivity contribution in [2.45, 2.75) is 25.7 Å². The summed E-state index contributed by atoms with van der Waals surface area (Å²) in [6.07, 6.45) is 6.22. The Bertz CT molecular complexity index is 624. The fraction of sp³-hybridized carbons (Fsp3) is 0.462. The van der Waals surface area contributed by atoms with E-state index in [1.807, 2.05) is 0 Å². The SMILES string of the molecule is COC(=O)CNc1ncnc2sc3c(c12)CCCC3. The van der Waals surface area contributed by atoms with Crippen LogP contribution in [0.25, 0.3) is 10.2 Å². The molecule has 0 spiro atoms. The highest BCUT2D eigenvalue weighted by atomic mass is 32.1. The molecular formula is C13H15N3O2S. The smallest absolute Gasteiger partial charge is 0.325 e. The number of methoxy groups -OCH3 is 1. The second-order valence-corrected chi connectivity index (χ2v) is 5.63. The summed E-state index contributed by atoms with van der Waals surface area (Å²) in [6, 6.07) is 0. The molecule has 0 unspecified atom stereocenters. The fourth-order valence-electron chi connectivity index (χ4n) is 2.45. The molecule has 0 radical (unpaired) electrons. The van der Waals surface area contributed by atoms with Crippen LogP contribution in [0, 0.1) is 0 Å². The van der Waals surface area contributed by atoms with Gasteiger partial charge in [-0.25, -0.2) is 9.97 Å². The van der Waals surface area contributed by atoms with E-state index in [4.69, 9.17) is 0 Å². The Morgan fingerprint density at radius 3 is 3.11 bits per heavy atom. The minimum atomic E-state index is -0.296. The van der Waals surface area contributed by atoms with Crippen LogP contribution in [0.2, 0.25) is 0 Å². The van der Waals surface area contributed by atoms with Gasteiger partial charge >= 0.3 is 5.97 Å². The predicted molar refractivity (Wildman–Crippen MR) is 74.6 cm³/mol. The topological polar surface area (TPSA) is 64.1 Å². The molecule has 100 valence electrons. The summed E-state index contributed by atoms with van der Waals surface area (Å²) < 4.78 is 4.64. The molecule has 0 aliphatic heterocycles. The van der Waals surface area contributed by atoms with E-state index in [-0.39, 0.29) is 12.5 Å². The highest BCUT2D eigenvalue weighted by Gasteiger charge is 2.19. The van der Waals surface area contributed by atoms with Crippen molar-refractivity contribution in [2.75, 3.05) is 19.0 Å². The van der Waals surface area contributed by atoms with Crippen LogP contribution >= 0.6 is 11.3 Å². The average molecular weight is 277 g/mol. The lowest BCUT2D eigenvalue weighted by Gasteiger charge is -2.12. The molecule has 0 amide bonds. The number of aryl methyl sites for hydroxylation is 2. The van der Waals surface area contributed by atoms with Gasteiger partial charge in [0.05, 0.1) is 12.5 Å². The number of ether oxygens (including phenoxy) is 1. The van der Waals surface area contributed by atoms with Crippen molar-refractivity contribution < 1.29 is 9.53 Å². The van der Waals surface area contributed by atoms with E-state index in [0.717, 1.165) is 28.9 Å². The molecule has 0 atom stereocenters. The van der Waals surface area contributed by atoms with E-state index in [1.54, 1.807) is 17.7 Å². The molecule has 6 heteroatoms. The molecule has 1 aliphatic rings. The van der Waals surface area contributed by atoms with Crippen LogP contribution in [0.3, 0.4) is 0 Å². The van der Waals surface area contributed by atoms with E-state index < -0.39 is 0 Å². The van der Waals surface area contributed by atoms with E-state index in [9.17, 15) is 4.79 Å². The van der Waals surface area contributed by atoms with Gasteiger partial charge in [0.1, 0.15) is 23.5 Å². The van der Waals surface area contributed by atoms with Crippen molar-refractivity contribution in [1.82, 2.24) is 9.97 Å². The summed E-state index contributed by atoms with van der Waals surface area (Å²) in [5.41, 5.74) is 1.36. The first kappa shape index (κ1) is 12.3. The zero-order chi connectivity index (χ0) is 13.2. The predicted octanol–water partition coefficient (Wildman–Crippen LogP) is 2.15. The van der Waals surface area contributed by atoms with Crippen LogP contribution < -0.4 is 5.32 Å². The number of anilines is 1. The molecule has 1 N–H and O–H groups in total. The van der Waals surface area contributed by atoms with Gasteiger partial charge in [-0.15, -0.1) is 11.3 Å². The van der Waals surface area contributed by atoms with Gasteiger partial charge in [-0.1, -0.05) is 0 Å². The normalized spacial score (nSPS) is 14.2. The molecular weight excluding hydrogens is 262 g/mol. The Morgan fingerprint density at radius 2 is 2.26 bits per heavy atom. The third-order valence-electron chi connectivity index (χ3n) is 3.38. The molecule has 0 saturated carbocycles. The number of hydrogen-bond donors (Lipinski definition) is 1. The number of nitrogens with one attached hydrogen (secondary N) is 1. The molecule has 0 fully saturated rings. The van der Waals surface area contributed by atoms with Gasteiger partial charge in [0.25, 0.3) is 0 Å². The third kappa shape index (κ3) is 2.28. The quantitative estimate of drug-likeness (QED) is 0.871. The van der Waals surface area contributed by atoms with Crippen molar-refractivity contribution in [3.05, 3.63) is 16.8 Å². The molecule has 2 heterocycles. The second-order valence-electron chi connectivity index (χ2n) is 4.54. The van der Waals surface area contributed by atoms with E-state index in [0.29, 0.717) is 0 Å². The summed E-state index contributed by atoms with van der Waals surface area (Å²) in [7, 11) is 1.38. The van der Waals surface area contributed by atoms with Gasteiger partial charge in [0.15, 0.2) is 0 Å². The molecule has 0 saturated heterocycles. The number of fused-ring (bicyclic) bond motifs is 3. The summed E-state index contributed by atoms with van der Waals surface area (Å²) in [4.78, 5) is 22.3. The number of esters is 1. The molecule has 0 bridgehead atoms. The van der Waals surface area contributed by atoms with Gasteiger partial charge in [-0.05, 0) is 31.2 Å². The minimum Gasteiger partial charge on any atom is -0.468 e. The molecule has 19 heavy (non-hydrogen) atoms. The summed E-state index contributed by atoms with van der Waals surface area (Å²) in [5.74, 6) is 0.450. The highest BCUT2D eigenvalue weighted by Crippen LogP contribution is 2.37. The van der Waals surface area contributed by atoms with Crippen molar-refractivity contribution >= 4 is 33.3 Å².